The van der Waals surface area contributed by atoms with Gasteiger partial charge >= 0.3 is 0 Å². The van der Waals surface area contributed by atoms with Crippen LogP contribution in [0.1, 0.15) is 33.4 Å². The smallest absolute Gasteiger partial charge is 0.275 e. The number of aliphatic hydroxyl groups excluding tert-OH is 1. The lowest BCUT2D eigenvalue weighted by molar-refractivity contribution is -0.127. The summed E-state index contributed by atoms with van der Waals surface area (Å²) in [4.78, 5) is 49.8. The minimum Gasteiger partial charge on any atom is -0.396 e. The van der Waals surface area contributed by atoms with Crippen molar-refractivity contribution < 1.29 is 14.7 Å². The van der Waals surface area contributed by atoms with Crippen LogP contribution < -0.4 is 10.9 Å². The molecule has 9 heteroatoms. The van der Waals surface area contributed by atoms with Crippen LogP contribution in [-0.2, 0) is 24.2 Å². The lowest BCUT2D eigenvalue weighted by atomic mass is 9.88. The first-order valence-electron chi connectivity index (χ1n) is 11.8. The van der Waals surface area contributed by atoms with Gasteiger partial charge in [0, 0.05) is 55.2 Å². The Kier molecular flexibility index (Phi) is 5.21. The van der Waals surface area contributed by atoms with Gasteiger partial charge < -0.3 is 19.9 Å². The number of hydrogen-bond donors (Lipinski definition) is 2. The Morgan fingerprint density at radius 3 is 2.51 bits per heavy atom. The van der Waals surface area contributed by atoms with Gasteiger partial charge in [-0.25, -0.2) is 4.98 Å². The van der Waals surface area contributed by atoms with E-state index < -0.39 is 23.9 Å². The molecular weight excluding hydrogens is 446 g/mol. The number of rotatable bonds is 4. The van der Waals surface area contributed by atoms with E-state index in [9.17, 15) is 19.5 Å². The van der Waals surface area contributed by atoms with E-state index in [1.165, 1.54) is 40.7 Å². The molecule has 1 aromatic carbocycles. The van der Waals surface area contributed by atoms with Crippen LogP contribution in [0.5, 0.6) is 0 Å². The van der Waals surface area contributed by atoms with E-state index in [4.69, 9.17) is 0 Å². The molecule has 35 heavy (non-hydrogen) atoms. The molecule has 2 aliphatic heterocycles. The SMILES string of the molecule is O=C(NC1Cc2ccccc2C1)[C@@H]1[C@@H](CO)[C@@H]2Cn3c(cccc3=O)[C@@H]2N1C(=O)c1cnccn1. The van der Waals surface area contributed by atoms with Crippen molar-refractivity contribution in [2.24, 2.45) is 11.8 Å². The van der Waals surface area contributed by atoms with Gasteiger partial charge in [0.1, 0.15) is 11.7 Å². The minimum absolute atomic E-state index is 0.0805. The molecule has 178 valence electrons. The second-order valence-electron chi connectivity index (χ2n) is 9.48. The number of nitrogens with one attached hydrogen (secondary N) is 1. The van der Waals surface area contributed by atoms with Crippen molar-refractivity contribution in [1.82, 2.24) is 24.8 Å². The Labute approximate surface area is 201 Å². The van der Waals surface area contributed by atoms with Crippen molar-refractivity contribution in [3.63, 3.8) is 0 Å². The minimum atomic E-state index is -0.891. The maximum atomic E-state index is 13.8. The van der Waals surface area contributed by atoms with Crippen molar-refractivity contribution in [2.45, 2.75) is 37.5 Å². The summed E-state index contributed by atoms with van der Waals surface area (Å²) in [7, 11) is 0. The van der Waals surface area contributed by atoms with Crippen LogP contribution in [0.25, 0.3) is 0 Å². The molecule has 3 aliphatic rings. The number of amides is 2. The summed E-state index contributed by atoms with van der Waals surface area (Å²) in [6.45, 7) is 0.0604. The van der Waals surface area contributed by atoms with Crippen LogP contribution in [0.15, 0.2) is 65.8 Å². The van der Waals surface area contributed by atoms with Crippen molar-refractivity contribution in [2.75, 3.05) is 6.61 Å². The van der Waals surface area contributed by atoms with Crippen LogP contribution in [-0.4, -0.2) is 55.0 Å². The second kappa shape index (κ2) is 8.42. The number of benzene rings is 1. The molecule has 0 spiro atoms. The number of likely N-dealkylation sites (tertiary alicyclic amines) is 1. The standard InChI is InChI=1S/C26H25N5O4/c32-14-19-18-13-30-21(6-3-7-22(30)33)23(18)31(26(35)20-12-27-8-9-28-20)24(19)25(34)29-17-10-15-4-1-2-5-16(15)11-17/h1-9,12,17-19,23-24,32H,10-11,13-14H2,(H,29,34)/t18-,19-,23+,24-/m0/s1. The highest BCUT2D eigenvalue weighted by Crippen LogP contribution is 2.49. The predicted molar refractivity (Wildman–Crippen MR) is 125 cm³/mol. The zero-order valence-corrected chi connectivity index (χ0v) is 18.9. The molecule has 9 nitrogen and oxygen atoms in total. The molecule has 4 atom stereocenters. The average molecular weight is 472 g/mol. The first-order chi connectivity index (χ1) is 17.1. The third kappa shape index (κ3) is 3.46. The number of pyridine rings is 1. The summed E-state index contributed by atoms with van der Waals surface area (Å²) in [5, 5.41) is 13.6. The van der Waals surface area contributed by atoms with E-state index in [0.29, 0.717) is 12.2 Å². The first kappa shape index (κ1) is 21.7. The van der Waals surface area contributed by atoms with Crippen LogP contribution in [0.3, 0.4) is 0 Å². The fourth-order valence-electron chi connectivity index (χ4n) is 6.15. The fraction of sp³-hybridized carbons (Fsp3) is 0.346. The molecular formula is C26H25N5O4. The van der Waals surface area contributed by atoms with Gasteiger partial charge in [0.15, 0.2) is 0 Å². The number of hydrogen-bond acceptors (Lipinski definition) is 6. The highest BCUT2D eigenvalue weighted by Gasteiger charge is 2.57. The number of aliphatic hydroxyl groups is 1. The van der Waals surface area contributed by atoms with E-state index in [1.54, 1.807) is 10.6 Å². The van der Waals surface area contributed by atoms with Gasteiger partial charge in [-0.05, 0) is 30.0 Å². The quantitative estimate of drug-likeness (QED) is 0.579. The molecule has 0 saturated carbocycles. The fourth-order valence-corrected chi connectivity index (χ4v) is 6.15. The number of carbonyl (C=O) groups is 2. The highest BCUT2D eigenvalue weighted by atomic mass is 16.3. The Balaban J connectivity index is 1.37. The molecule has 1 saturated heterocycles. The molecule has 6 rings (SSSR count). The molecule has 2 N–H and O–H groups in total. The molecule has 0 radical (unpaired) electrons. The van der Waals surface area contributed by atoms with Crippen molar-refractivity contribution in [3.05, 3.63) is 93.9 Å². The molecule has 0 bridgehead atoms. The summed E-state index contributed by atoms with van der Waals surface area (Å²) in [6.07, 6.45) is 5.73. The van der Waals surface area contributed by atoms with Gasteiger partial charge in [0.05, 0.1) is 12.2 Å². The summed E-state index contributed by atoms with van der Waals surface area (Å²) < 4.78 is 1.64. The lowest BCUT2D eigenvalue weighted by Crippen LogP contribution is -2.52. The summed E-state index contributed by atoms with van der Waals surface area (Å²) in [5.41, 5.74) is 3.04. The second-order valence-corrected chi connectivity index (χ2v) is 9.48. The topological polar surface area (TPSA) is 117 Å². The Hall–Kier alpha value is -3.85. The Bertz CT molecular complexity index is 1330. The van der Waals surface area contributed by atoms with E-state index in [0.717, 1.165) is 12.8 Å². The number of nitrogens with zero attached hydrogens (tertiary/aromatic N) is 4. The highest BCUT2D eigenvalue weighted by molar-refractivity contribution is 5.97. The zero-order chi connectivity index (χ0) is 24.1. The summed E-state index contributed by atoms with van der Waals surface area (Å²) in [6, 6.07) is 11.6. The summed E-state index contributed by atoms with van der Waals surface area (Å²) in [5.74, 6) is -1.53. The zero-order valence-electron chi connectivity index (χ0n) is 18.9. The molecule has 1 fully saturated rings. The summed E-state index contributed by atoms with van der Waals surface area (Å²) >= 11 is 0. The first-order valence-corrected chi connectivity index (χ1v) is 11.8. The van der Waals surface area contributed by atoms with Gasteiger partial charge in [-0.2, -0.15) is 0 Å². The van der Waals surface area contributed by atoms with Crippen molar-refractivity contribution in [1.29, 1.82) is 0 Å². The van der Waals surface area contributed by atoms with E-state index >= 15 is 0 Å². The normalized spacial score (nSPS) is 24.7. The number of aromatic nitrogens is 3. The van der Waals surface area contributed by atoms with E-state index in [2.05, 4.69) is 27.4 Å². The number of fused-ring (bicyclic) bond motifs is 4. The van der Waals surface area contributed by atoms with Crippen LogP contribution in [0.2, 0.25) is 0 Å². The van der Waals surface area contributed by atoms with Gasteiger partial charge in [0.2, 0.25) is 5.91 Å². The predicted octanol–water partition coefficient (Wildman–Crippen LogP) is 0.726. The number of carbonyl (C=O) groups excluding carboxylic acids is 2. The largest absolute Gasteiger partial charge is 0.396 e. The molecule has 3 aromatic rings. The van der Waals surface area contributed by atoms with Crippen molar-refractivity contribution >= 4 is 11.8 Å². The van der Waals surface area contributed by atoms with Crippen molar-refractivity contribution in [3.8, 4) is 0 Å². The molecule has 1 aliphatic carbocycles. The van der Waals surface area contributed by atoms with Gasteiger partial charge in [-0.15, -0.1) is 0 Å². The van der Waals surface area contributed by atoms with Gasteiger partial charge in [-0.3, -0.25) is 19.4 Å². The lowest BCUT2D eigenvalue weighted by Gasteiger charge is -2.31. The van der Waals surface area contributed by atoms with E-state index in [-0.39, 0.29) is 35.7 Å². The molecule has 2 aromatic heterocycles. The third-order valence-corrected chi connectivity index (χ3v) is 7.63. The molecule has 4 heterocycles. The molecule has 0 unspecified atom stereocenters. The third-order valence-electron chi connectivity index (χ3n) is 7.63. The van der Waals surface area contributed by atoms with Crippen LogP contribution in [0, 0.1) is 11.8 Å². The van der Waals surface area contributed by atoms with Gasteiger partial charge in [-0.1, -0.05) is 30.3 Å². The molecule has 2 amide bonds. The average Bonchev–Trinajstić information content (AvgIpc) is 3.54. The maximum Gasteiger partial charge on any atom is 0.275 e. The van der Waals surface area contributed by atoms with Crippen LogP contribution in [0.4, 0.5) is 0 Å². The van der Waals surface area contributed by atoms with Crippen LogP contribution >= 0.6 is 0 Å². The van der Waals surface area contributed by atoms with Gasteiger partial charge in [0.25, 0.3) is 11.5 Å². The Morgan fingerprint density at radius 1 is 1.06 bits per heavy atom. The maximum absolute atomic E-state index is 13.8. The monoisotopic (exact) mass is 471 g/mol. The Morgan fingerprint density at radius 2 is 1.83 bits per heavy atom. The van der Waals surface area contributed by atoms with E-state index in [1.807, 2.05) is 18.2 Å².